The summed E-state index contributed by atoms with van der Waals surface area (Å²) in [5.41, 5.74) is -0.206. The summed E-state index contributed by atoms with van der Waals surface area (Å²) in [6.07, 6.45) is 0. The fourth-order valence-electron chi connectivity index (χ4n) is 0.763. The summed E-state index contributed by atoms with van der Waals surface area (Å²) in [4.78, 5) is 9.72. The molecule has 0 aliphatic carbocycles. The van der Waals surface area contributed by atoms with Crippen LogP contribution in [-0.2, 0) is 6.58 Å². The fourth-order valence-corrected chi connectivity index (χ4v) is 0.763. The van der Waals surface area contributed by atoms with Crippen LogP contribution in [0.4, 0.5) is 5.69 Å². The molecule has 0 fully saturated rings. The van der Waals surface area contributed by atoms with Gasteiger partial charge in [-0.25, -0.2) is 0 Å². The molecule has 58 valence electrons. The Hall–Kier alpha value is -1.42. The van der Waals surface area contributed by atoms with E-state index in [0.29, 0.717) is 0 Å². The minimum Gasteiger partial charge on any atom is -0.391 e. The Kier molecular flexibility index (Phi) is 1.78. The van der Waals surface area contributed by atoms with Gasteiger partial charge in [-0.05, 0) is 6.07 Å². The number of benzene rings is 1. The smallest absolute Gasteiger partial charge is 0.274 e. The zero-order valence-electron chi connectivity index (χ0n) is 6.60. The third kappa shape index (κ3) is 1.53. The molecule has 0 aliphatic rings. The molecule has 1 N–H and O–H groups in total. The minimum atomic E-state index is -1.55. The van der Waals surface area contributed by atoms with Crippen LogP contribution in [0.25, 0.3) is 0 Å². The van der Waals surface area contributed by atoms with Crippen molar-refractivity contribution >= 4 is 5.69 Å². The van der Waals surface area contributed by atoms with Crippen molar-refractivity contribution in [2.24, 2.45) is 0 Å². The molecule has 1 unspecified atom stereocenters. The number of nitrogens with zero attached hydrogens (tertiary/aromatic N) is 1. The first-order valence-electron chi connectivity index (χ1n) is 3.54. The molecule has 4 nitrogen and oxygen atoms in total. The zero-order chi connectivity index (χ0) is 9.14. The monoisotopic (exact) mass is 154 g/mol. The van der Waals surface area contributed by atoms with Crippen LogP contribution in [0.5, 0.6) is 0 Å². The van der Waals surface area contributed by atoms with E-state index in [-0.39, 0.29) is 11.3 Å². The van der Waals surface area contributed by atoms with Gasteiger partial charge in [-0.1, -0.05) is 12.1 Å². The molecule has 0 aromatic heterocycles. The maximum absolute atomic E-state index is 10.3. The van der Waals surface area contributed by atoms with Gasteiger partial charge in [0.15, 0.2) is 0 Å². The second kappa shape index (κ2) is 3.12. The lowest BCUT2D eigenvalue weighted by atomic mass is 10.2. The van der Waals surface area contributed by atoms with Crippen LogP contribution in [0.15, 0.2) is 24.3 Å². The third-order valence-electron chi connectivity index (χ3n) is 1.27. The van der Waals surface area contributed by atoms with Crippen molar-refractivity contribution in [2.75, 3.05) is 0 Å². The van der Waals surface area contributed by atoms with Crippen LogP contribution in [0.2, 0.25) is 0 Å². The first-order chi connectivity index (χ1) is 5.63. The number of aliphatic hydroxyl groups excluding tert-OH is 1. The summed E-state index contributed by atoms with van der Waals surface area (Å²) >= 11 is 0. The molecule has 0 radical (unpaired) electrons. The largest absolute Gasteiger partial charge is 0.391 e. The van der Waals surface area contributed by atoms with Crippen molar-refractivity contribution in [3.8, 4) is 0 Å². The average Bonchev–Trinajstić information content (AvgIpc) is 2.04. The number of hydrogen-bond acceptors (Lipinski definition) is 3. The average molecular weight is 154 g/mol. The molecule has 11 heavy (non-hydrogen) atoms. The molecule has 0 saturated carbocycles. The van der Waals surface area contributed by atoms with Gasteiger partial charge in [0.25, 0.3) is 5.69 Å². The lowest BCUT2D eigenvalue weighted by molar-refractivity contribution is -0.385. The topological polar surface area (TPSA) is 63.4 Å². The van der Waals surface area contributed by atoms with Gasteiger partial charge in [-0.2, -0.15) is 0 Å². The summed E-state index contributed by atoms with van der Waals surface area (Å²) in [6.45, 7) is -1.55. The van der Waals surface area contributed by atoms with Gasteiger partial charge >= 0.3 is 0 Å². The van der Waals surface area contributed by atoms with E-state index < -0.39 is 11.5 Å². The van der Waals surface area contributed by atoms with Crippen LogP contribution in [0, 0.1) is 10.1 Å². The van der Waals surface area contributed by atoms with Crippen molar-refractivity contribution in [2.45, 2.75) is 6.58 Å². The fraction of sp³-hybridized carbons (Fsp3) is 0.143. The van der Waals surface area contributed by atoms with Crippen LogP contribution >= 0.6 is 0 Å². The molecule has 1 aromatic rings. The maximum atomic E-state index is 10.3. The van der Waals surface area contributed by atoms with E-state index >= 15 is 0 Å². The van der Waals surface area contributed by atoms with Gasteiger partial charge < -0.3 is 5.11 Å². The van der Waals surface area contributed by atoms with Crippen LogP contribution in [0.1, 0.15) is 6.93 Å². The Balaban J connectivity index is 3.17. The van der Waals surface area contributed by atoms with E-state index in [9.17, 15) is 10.1 Å². The molecular weight excluding hydrogens is 146 g/mol. The highest BCUT2D eigenvalue weighted by Gasteiger charge is 2.09. The maximum Gasteiger partial charge on any atom is 0.274 e. The van der Waals surface area contributed by atoms with Gasteiger partial charge in [0, 0.05) is 6.07 Å². The summed E-state index contributed by atoms with van der Waals surface area (Å²) in [6, 6.07) is 5.65. The van der Waals surface area contributed by atoms with E-state index in [1.165, 1.54) is 18.2 Å². The number of rotatable bonds is 2. The lowest BCUT2D eigenvalue weighted by Crippen LogP contribution is -1.93. The van der Waals surface area contributed by atoms with Gasteiger partial charge in [-0.15, -0.1) is 0 Å². The first-order valence-corrected chi connectivity index (χ1v) is 2.96. The van der Waals surface area contributed by atoms with E-state index in [1.54, 1.807) is 6.07 Å². The van der Waals surface area contributed by atoms with Crippen LogP contribution in [-0.4, -0.2) is 10.0 Å². The minimum absolute atomic E-state index is 0.0162. The summed E-state index contributed by atoms with van der Waals surface area (Å²) in [5.74, 6) is 0. The van der Waals surface area contributed by atoms with E-state index in [4.69, 9.17) is 6.48 Å². The normalized spacial score (nSPS) is 13.7. The Morgan fingerprint density at radius 3 is 2.73 bits per heavy atom. The third-order valence-corrected chi connectivity index (χ3v) is 1.27. The second-order valence-electron chi connectivity index (χ2n) is 1.95. The van der Waals surface area contributed by atoms with Crippen molar-refractivity contribution in [3.63, 3.8) is 0 Å². The van der Waals surface area contributed by atoms with Crippen molar-refractivity contribution < 1.29 is 11.4 Å². The molecule has 0 spiro atoms. The molecule has 0 amide bonds. The highest BCUT2D eigenvalue weighted by atomic mass is 16.6. The Morgan fingerprint density at radius 2 is 2.27 bits per heavy atom. The van der Waals surface area contributed by atoms with Gasteiger partial charge in [0.05, 0.1) is 18.4 Å². The van der Waals surface area contributed by atoms with Gasteiger partial charge in [0.1, 0.15) is 0 Å². The van der Waals surface area contributed by atoms with Crippen LogP contribution in [0.3, 0.4) is 0 Å². The van der Waals surface area contributed by atoms with Crippen molar-refractivity contribution in [1.82, 2.24) is 0 Å². The number of nitro benzene ring substituents is 1. The standard InChI is InChI=1S/C7H7NO3/c9-5-6-3-1-2-4-7(6)8(10)11/h1-4,9H,5H2/i5D. The Labute approximate surface area is 64.6 Å². The number of nitro groups is 1. The summed E-state index contributed by atoms with van der Waals surface area (Å²) in [7, 11) is 0. The zero-order valence-corrected chi connectivity index (χ0v) is 5.60. The summed E-state index contributed by atoms with van der Waals surface area (Å²) in [5, 5.41) is 19.2. The van der Waals surface area contributed by atoms with E-state index in [0.717, 1.165) is 0 Å². The molecule has 1 aromatic carbocycles. The molecule has 1 atom stereocenters. The highest BCUT2D eigenvalue weighted by molar-refractivity contribution is 5.38. The number of aliphatic hydroxyl groups is 1. The van der Waals surface area contributed by atoms with E-state index in [1.807, 2.05) is 0 Å². The van der Waals surface area contributed by atoms with Crippen molar-refractivity contribution in [3.05, 3.63) is 39.9 Å². The van der Waals surface area contributed by atoms with Gasteiger partial charge in [-0.3, -0.25) is 10.1 Å². The quantitative estimate of drug-likeness (QED) is 0.512. The highest BCUT2D eigenvalue weighted by Crippen LogP contribution is 2.16. The number of para-hydroxylation sites is 1. The predicted octanol–water partition coefficient (Wildman–Crippen LogP) is 1.09. The van der Waals surface area contributed by atoms with Crippen molar-refractivity contribution in [1.29, 1.82) is 0 Å². The number of hydrogen-bond donors (Lipinski definition) is 1. The van der Waals surface area contributed by atoms with Crippen LogP contribution < -0.4 is 0 Å². The Bertz CT molecular complexity index is 300. The molecule has 1 rings (SSSR count). The summed E-state index contributed by atoms with van der Waals surface area (Å²) < 4.78 is 6.90. The molecule has 4 heteroatoms. The molecule has 0 saturated heterocycles. The molecule has 0 bridgehead atoms. The predicted molar refractivity (Wildman–Crippen MR) is 39.0 cm³/mol. The molecule has 0 aliphatic heterocycles. The first kappa shape index (κ1) is 6.30. The van der Waals surface area contributed by atoms with E-state index in [2.05, 4.69) is 0 Å². The Morgan fingerprint density at radius 1 is 1.64 bits per heavy atom. The molecular formula is C7H7NO3. The SMILES string of the molecule is [2H]C(O)c1ccccc1[N+](=O)[O-]. The lowest BCUT2D eigenvalue weighted by Gasteiger charge is -1.96. The van der Waals surface area contributed by atoms with Gasteiger partial charge in [0.2, 0.25) is 0 Å². The molecule has 0 heterocycles. The second-order valence-corrected chi connectivity index (χ2v) is 1.95.